The zero-order chi connectivity index (χ0) is 18.0. The molecule has 0 aromatic heterocycles. The van der Waals surface area contributed by atoms with Gasteiger partial charge in [0.25, 0.3) is 0 Å². The molecule has 5 heteroatoms. The van der Waals surface area contributed by atoms with Gasteiger partial charge in [-0.1, -0.05) is 19.4 Å². The Balaban J connectivity index is 1.63. The van der Waals surface area contributed by atoms with Gasteiger partial charge in [0.15, 0.2) is 11.5 Å². The highest BCUT2D eigenvalue weighted by Crippen LogP contribution is 2.39. The predicted molar refractivity (Wildman–Crippen MR) is 95.1 cm³/mol. The van der Waals surface area contributed by atoms with E-state index in [0.717, 1.165) is 24.8 Å². The third kappa shape index (κ3) is 3.93. The fourth-order valence-electron chi connectivity index (χ4n) is 3.36. The summed E-state index contributed by atoms with van der Waals surface area (Å²) in [6.07, 6.45) is 5.98. The van der Waals surface area contributed by atoms with Crippen LogP contribution in [-0.4, -0.2) is 30.2 Å². The molecule has 3 rings (SSSR count). The molecule has 1 aromatic rings. The van der Waals surface area contributed by atoms with Crippen LogP contribution in [0.25, 0.3) is 0 Å². The van der Waals surface area contributed by atoms with Crippen LogP contribution in [0, 0.1) is 11.8 Å². The number of aliphatic hydroxyl groups excluding tert-OH is 1. The van der Waals surface area contributed by atoms with E-state index in [9.17, 15) is 10.2 Å². The highest BCUT2D eigenvalue weighted by atomic mass is 16.7. The SMILES string of the molecule is COC1C=C(C[C@H](C)[C@H](C)Cc2cc3c(cc2O)OCO3)CC=C1O. The van der Waals surface area contributed by atoms with Gasteiger partial charge in [-0.05, 0) is 54.9 Å². The monoisotopic (exact) mass is 346 g/mol. The lowest BCUT2D eigenvalue weighted by Gasteiger charge is -2.24. The predicted octanol–water partition coefficient (Wildman–Crippen LogP) is 4.11. The van der Waals surface area contributed by atoms with Gasteiger partial charge in [-0.3, -0.25) is 0 Å². The van der Waals surface area contributed by atoms with E-state index in [4.69, 9.17) is 14.2 Å². The molecule has 0 saturated carbocycles. The molecule has 25 heavy (non-hydrogen) atoms. The van der Waals surface area contributed by atoms with E-state index in [0.29, 0.717) is 23.3 Å². The fraction of sp³-hybridized carbons (Fsp3) is 0.500. The second kappa shape index (κ2) is 7.40. The minimum Gasteiger partial charge on any atom is -0.510 e. The molecule has 0 radical (unpaired) electrons. The van der Waals surface area contributed by atoms with Crippen molar-refractivity contribution < 1.29 is 24.4 Å². The molecule has 0 spiro atoms. The summed E-state index contributed by atoms with van der Waals surface area (Å²) in [6.45, 7) is 4.62. The first-order chi connectivity index (χ1) is 12.0. The summed E-state index contributed by atoms with van der Waals surface area (Å²) in [4.78, 5) is 0. The van der Waals surface area contributed by atoms with Crippen molar-refractivity contribution in [1.82, 2.24) is 0 Å². The molecule has 1 unspecified atom stereocenters. The number of methoxy groups -OCH3 is 1. The smallest absolute Gasteiger partial charge is 0.231 e. The Morgan fingerprint density at radius 3 is 2.52 bits per heavy atom. The molecule has 1 aliphatic heterocycles. The molecular formula is C20H26O5. The maximum atomic E-state index is 10.2. The number of aliphatic hydroxyl groups is 1. The Morgan fingerprint density at radius 1 is 1.12 bits per heavy atom. The van der Waals surface area contributed by atoms with Gasteiger partial charge in [0.2, 0.25) is 6.79 Å². The van der Waals surface area contributed by atoms with E-state index < -0.39 is 0 Å². The molecule has 0 bridgehead atoms. The number of phenolic OH excluding ortho intramolecular Hbond substituents is 1. The van der Waals surface area contributed by atoms with Gasteiger partial charge in [0.05, 0.1) is 0 Å². The number of phenols is 1. The van der Waals surface area contributed by atoms with Crippen LogP contribution in [0.2, 0.25) is 0 Å². The minimum atomic E-state index is -0.329. The number of hydrogen-bond donors (Lipinski definition) is 2. The standard InChI is InChI=1S/C20H26O5/c1-12(6-14-4-5-16(21)18(8-14)23-3)13(2)7-15-9-19-20(10-17(15)22)25-11-24-19/h5,8-10,12-13,18,21-22H,4,6-7,11H2,1-3H3/t12-,13+,18?/m0/s1. The number of ether oxygens (including phenoxy) is 3. The highest BCUT2D eigenvalue weighted by Gasteiger charge is 2.22. The van der Waals surface area contributed by atoms with Crippen LogP contribution in [0.5, 0.6) is 17.2 Å². The van der Waals surface area contributed by atoms with Gasteiger partial charge < -0.3 is 24.4 Å². The van der Waals surface area contributed by atoms with Gasteiger partial charge in [-0.15, -0.1) is 0 Å². The molecule has 1 heterocycles. The van der Waals surface area contributed by atoms with Crippen molar-refractivity contribution in [3.63, 3.8) is 0 Å². The molecule has 2 aliphatic rings. The van der Waals surface area contributed by atoms with E-state index in [1.165, 1.54) is 5.57 Å². The van der Waals surface area contributed by atoms with Gasteiger partial charge >= 0.3 is 0 Å². The van der Waals surface area contributed by atoms with Crippen LogP contribution in [0.15, 0.2) is 35.6 Å². The van der Waals surface area contributed by atoms with Crippen molar-refractivity contribution in [2.24, 2.45) is 11.8 Å². The summed E-state index contributed by atoms with van der Waals surface area (Å²) in [7, 11) is 1.60. The maximum Gasteiger partial charge on any atom is 0.231 e. The fourth-order valence-corrected chi connectivity index (χ4v) is 3.36. The number of benzene rings is 1. The minimum absolute atomic E-state index is 0.208. The second-order valence-electron chi connectivity index (χ2n) is 7.01. The summed E-state index contributed by atoms with van der Waals surface area (Å²) in [5.41, 5.74) is 2.16. The summed E-state index contributed by atoms with van der Waals surface area (Å²) in [5, 5.41) is 20.0. The van der Waals surface area contributed by atoms with Crippen molar-refractivity contribution >= 4 is 0 Å². The van der Waals surface area contributed by atoms with Crippen LogP contribution < -0.4 is 9.47 Å². The van der Waals surface area contributed by atoms with Crippen molar-refractivity contribution in [1.29, 1.82) is 0 Å². The quantitative estimate of drug-likeness (QED) is 0.759. The van der Waals surface area contributed by atoms with Crippen molar-refractivity contribution in [3.8, 4) is 17.2 Å². The Morgan fingerprint density at radius 2 is 1.80 bits per heavy atom. The molecule has 0 fully saturated rings. The zero-order valence-electron chi connectivity index (χ0n) is 15.0. The molecule has 3 atom stereocenters. The summed E-state index contributed by atoms with van der Waals surface area (Å²) in [5.74, 6) is 2.66. The Hall–Kier alpha value is -2.14. The van der Waals surface area contributed by atoms with Gasteiger partial charge in [0, 0.05) is 13.2 Å². The third-order valence-electron chi connectivity index (χ3n) is 5.18. The highest BCUT2D eigenvalue weighted by molar-refractivity contribution is 5.51. The lowest BCUT2D eigenvalue weighted by Crippen LogP contribution is -2.17. The molecule has 0 amide bonds. The average molecular weight is 346 g/mol. The van der Waals surface area contributed by atoms with Crippen LogP contribution in [0.1, 0.15) is 32.3 Å². The van der Waals surface area contributed by atoms with Crippen LogP contribution >= 0.6 is 0 Å². The Labute approximate surface area is 148 Å². The first kappa shape index (κ1) is 17.7. The zero-order valence-corrected chi connectivity index (χ0v) is 15.0. The Bertz CT molecular complexity index is 692. The summed E-state index contributed by atoms with van der Waals surface area (Å²) >= 11 is 0. The molecular weight excluding hydrogens is 320 g/mol. The summed E-state index contributed by atoms with van der Waals surface area (Å²) in [6, 6.07) is 3.51. The topological polar surface area (TPSA) is 68.2 Å². The molecule has 1 aromatic carbocycles. The van der Waals surface area contributed by atoms with Crippen LogP contribution in [-0.2, 0) is 11.2 Å². The first-order valence-corrected chi connectivity index (χ1v) is 8.70. The number of hydrogen-bond acceptors (Lipinski definition) is 5. The molecule has 1 aliphatic carbocycles. The third-order valence-corrected chi connectivity index (χ3v) is 5.18. The number of allylic oxidation sites excluding steroid dienone is 2. The van der Waals surface area contributed by atoms with Gasteiger partial charge in [-0.2, -0.15) is 0 Å². The van der Waals surface area contributed by atoms with Crippen LogP contribution in [0.4, 0.5) is 0 Å². The lowest BCUT2D eigenvalue weighted by atomic mass is 9.83. The molecule has 0 saturated heterocycles. The molecule has 5 nitrogen and oxygen atoms in total. The average Bonchev–Trinajstić information content (AvgIpc) is 3.03. The van der Waals surface area contributed by atoms with Crippen LogP contribution in [0.3, 0.4) is 0 Å². The second-order valence-corrected chi connectivity index (χ2v) is 7.01. The Kier molecular flexibility index (Phi) is 5.23. The van der Waals surface area contributed by atoms with E-state index in [1.54, 1.807) is 13.2 Å². The van der Waals surface area contributed by atoms with Crippen molar-refractivity contribution in [2.75, 3.05) is 13.9 Å². The van der Waals surface area contributed by atoms with E-state index in [2.05, 4.69) is 13.8 Å². The molecule has 136 valence electrons. The number of rotatable bonds is 6. The number of fused-ring (bicyclic) bond motifs is 1. The number of aromatic hydroxyl groups is 1. The van der Waals surface area contributed by atoms with Crippen molar-refractivity contribution in [2.45, 2.75) is 39.2 Å². The normalized spacial score (nSPS) is 21.5. The lowest BCUT2D eigenvalue weighted by molar-refractivity contribution is 0.124. The van der Waals surface area contributed by atoms with Gasteiger partial charge in [0.1, 0.15) is 17.6 Å². The van der Waals surface area contributed by atoms with E-state index in [1.807, 2.05) is 18.2 Å². The van der Waals surface area contributed by atoms with Crippen molar-refractivity contribution in [3.05, 3.63) is 41.2 Å². The molecule has 2 N–H and O–H groups in total. The summed E-state index contributed by atoms with van der Waals surface area (Å²) < 4.78 is 16.0. The first-order valence-electron chi connectivity index (χ1n) is 8.70. The van der Waals surface area contributed by atoms with E-state index in [-0.39, 0.29) is 24.4 Å². The largest absolute Gasteiger partial charge is 0.510 e. The van der Waals surface area contributed by atoms with E-state index >= 15 is 0 Å². The maximum absolute atomic E-state index is 10.2. The van der Waals surface area contributed by atoms with Gasteiger partial charge in [-0.25, -0.2) is 0 Å².